The number of aromatic hydroxyl groups is 1. The van der Waals surface area contributed by atoms with Gasteiger partial charge in [-0.2, -0.15) is 0 Å². The van der Waals surface area contributed by atoms with E-state index in [-0.39, 0.29) is 17.9 Å². The molecule has 0 spiro atoms. The van der Waals surface area contributed by atoms with Crippen LogP contribution >= 0.6 is 23.2 Å². The summed E-state index contributed by atoms with van der Waals surface area (Å²) in [6.07, 6.45) is 0. The summed E-state index contributed by atoms with van der Waals surface area (Å²) in [7, 11) is 0. The zero-order chi connectivity index (χ0) is 14.9. The van der Waals surface area contributed by atoms with Gasteiger partial charge in [-0.3, -0.25) is 0 Å². The second kappa shape index (κ2) is 5.77. The van der Waals surface area contributed by atoms with Crippen molar-refractivity contribution in [2.24, 2.45) is 0 Å². The molecule has 1 heterocycles. The van der Waals surface area contributed by atoms with Gasteiger partial charge in [-0.15, -0.1) is 0 Å². The standard InChI is InChI=1S/C14H13Cl2NO3/c1-3-20-14(19)11-7(2)17-12(13(11)18)8-4-5-9(15)10(16)6-8/h4-6,17-18H,3H2,1-2H3. The highest BCUT2D eigenvalue weighted by Gasteiger charge is 2.22. The van der Waals surface area contributed by atoms with Gasteiger partial charge in [0, 0.05) is 11.3 Å². The molecule has 0 aliphatic rings. The fourth-order valence-electron chi connectivity index (χ4n) is 1.93. The molecule has 0 aliphatic heterocycles. The topological polar surface area (TPSA) is 62.3 Å². The number of hydrogen-bond acceptors (Lipinski definition) is 3. The van der Waals surface area contributed by atoms with Crippen molar-refractivity contribution >= 4 is 29.2 Å². The number of H-pyrrole nitrogens is 1. The van der Waals surface area contributed by atoms with Gasteiger partial charge in [0.05, 0.1) is 22.3 Å². The molecule has 0 amide bonds. The molecule has 4 nitrogen and oxygen atoms in total. The molecule has 20 heavy (non-hydrogen) atoms. The number of aromatic amines is 1. The summed E-state index contributed by atoms with van der Waals surface area (Å²) < 4.78 is 4.92. The summed E-state index contributed by atoms with van der Waals surface area (Å²) in [5.74, 6) is -0.718. The summed E-state index contributed by atoms with van der Waals surface area (Å²) >= 11 is 11.8. The lowest BCUT2D eigenvalue weighted by Crippen LogP contribution is -2.05. The van der Waals surface area contributed by atoms with Crippen LogP contribution in [0.1, 0.15) is 23.0 Å². The zero-order valence-corrected chi connectivity index (χ0v) is 12.5. The summed E-state index contributed by atoms with van der Waals surface area (Å²) in [4.78, 5) is 14.8. The van der Waals surface area contributed by atoms with Gasteiger partial charge < -0.3 is 14.8 Å². The molecule has 0 bridgehead atoms. The van der Waals surface area contributed by atoms with Crippen LogP contribution in [0, 0.1) is 6.92 Å². The smallest absolute Gasteiger partial charge is 0.343 e. The van der Waals surface area contributed by atoms with Crippen LogP contribution in [0.5, 0.6) is 5.75 Å². The minimum Gasteiger partial charge on any atom is -0.505 e. The van der Waals surface area contributed by atoms with E-state index >= 15 is 0 Å². The van der Waals surface area contributed by atoms with Gasteiger partial charge in [-0.05, 0) is 26.0 Å². The highest BCUT2D eigenvalue weighted by atomic mass is 35.5. The number of carbonyl (C=O) groups excluding carboxylic acids is 1. The molecule has 2 aromatic rings. The Morgan fingerprint density at radius 3 is 2.65 bits per heavy atom. The monoisotopic (exact) mass is 313 g/mol. The number of aryl methyl sites for hydroxylation is 1. The Balaban J connectivity index is 2.51. The number of aromatic nitrogens is 1. The lowest BCUT2D eigenvalue weighted by molar-refractivity contribution is 0.0522. The fourth-order valence-corrected chi connectivity index (χ4v) is 2.22. The second-order valence-electron chi connectivity index (χ2n) is 4.20. The number of nitrogens with one attached hydrogen (secondary N) is 1. The Bertz CT molecular complexity index is 665. The van der Waals surface area contributed by atoms with Gasteiger partial charge in [0.25, 0.3) is 0 Å². The maximum Gasteiger partial charge on any atom is 0.343 e. The zero-order valence-electron chi connectivity index (χ0n) is 11.0. The first-order chi connectivity index (χ1) is 9.45. The van der Waals surface area contributed by atoms with Crippen molar-refractivity contribution in [3.8, 4) is 17.0 Å². The molecule has 1 aromatic heterocycles. The predicted molar refractivity (Wildman–Crippen MR) is 78.6 cm³/mol. The van der Waals surface area contributed by atoms with E-state index in [2.05, 4.69) is 4.98 Å². The van der Waals surface area contributed by atoms with Gasteiger partial charge >= 0.3 is 5.97 Å². The highest BCUT2D eigenvalue weighted by molar-refractivity contribution is 6.42. The molecule has 0 saturated heterocycles. The summed E-state index contributed by atoms with van der Waals surface area (Å²) in [5.41, 5.74) is 1.70. The summed E-state index contributed by atoms with van der Waals surface area (Å²) in [6.45, 7) is 3.63. The number of rotatable bonds is 3. The van der Waals surface area contributed by atoms with Gasteiger partial charge in [-0.1, -0.05) is 29.3 Å². The molecular formula is C14H13Cl2NO3. The van der Waals surface area contributed by atoms with E-state index in [0.717, 1.165) is 0 Å². The third-order valence-electron chi connectivity index (χ3n) is 2.85. The molecular weight excluding hydrogens is 301 g/mol. The minimum absolute atomic E-state index is 0.132. The highest BCUT2D eigenvalue weighted by Crippen LogP contribution is 2.36. The van der Waals surface area contributed by atoms with Crippen LogP contribution in [0.2, 0.25) is 10.0 Å². The van der Waals surface area contributed by atoms with Gasteiger partial charge in [0.15, 0.2) is 5.75 Å². The predicted octanol–water partition coefficient (Wildman–Crippen LogP) is 4.18. The van der Waals surface area contributed by atoms with E-state index in [1.807, 2.05) is 0 Å². The molecule has 0 aliphatic carbocycles. The molecule has 2 rings (SSSR count). The van der Waals surface area contributed by atoms with Crippen molar-refractivity contribution in [1.29, 1.82) is 0 Å². The van der Waals surface area contributed by atoms with Crippen LogP contribution in [-0.2, 0) is 4.74 Å². The van der Waals surface area contributed by atoms with Crippen molar-refractivity contribution in [3.05, 3.63) is 39.5 Å². The van der Waals surface area contributed by atoms with Gasteiger partial charge in [0.2, 0.25) is 0 Å². The number of benzene rings is 1. The number of halogens is 2. The molecule has 2 N–H and O–H groups in total. The number of carbonyl (C=O) groups is 1. The molecule has 0 radical (unpaired) electrons. The Kier molecular flexibility index (Phi) is 4.26. The maximum absolute atomic E-state index is 11.8. The third-order valence-corrected chi connectivity index (χ3v) is 3.59. The summed E-state index contributed by atoms with van der Waals surface area (Å²) in [5, 5.41) is 11.0. The average Bonchev–Trinajstić information content (AvgIpc) is 2.68. The second-order valence-corrected chi connectivity index (χ2v) is 5.01. The van der Waals surface area contributed by atoms with E-state index in [1.165, 1.54) is 0 Å². The van der Waals surface area contributed by atoms with Crippen molar-refractivity contribution in [1.82, 2.24) is 4.98 Å². The van der Waals surface area contributed by atoms with Crippen LogP contribution in [-0.4, -0.2) is 22.7 Å². The molecule has 1 aromatic carbocycles. The molecule has 0 fully saturated rings. The number of esters is 1. The van der Waals surface area contributed by atoms with E-state index in [4.69, 9.17) is 27.9 Å². The molecule has 106 valence electrons. The van der Waals surface area contributed by atoms with Crippen LogP contribution in [0.15, 0.2) is 18.2 Å². The van der Waals surface area contributed by atoms with E-state index in [0.29, 0.717) is 27.0 Å². The SMILES string of the molecule is CCOC(=O)c1c(C)[nH]c(-c2ccc(Cl)c(Cl)c2)c1O. The van der Waals surface area contributed by atoms with Crippen molar-refractivity contribution in [3.63, 3.8) is 0 Å². The molecule has 0 unspecified atom stereocenters. The Morgan fingerprint density at radius 1 is 1.35 bits per heavy atom. The maximum atomic E-state index is 11.8. The van der Waals surface area contributed by atoms with Gasteiger partial charge in [0.1, 0.15) is 5.56 Å². The Morgan fingerprint density at radius 2 is 2.05 bits per heavy atom. The first kappa shape index (κ1) is 14.8. The van der Waals surface area contributed by atoms with E-state index in [1.54, 1.807) is 32.0 Å². The molecule has 6 heteroatoms. The lowest BCUT2D eigenvalue weighted by Gasteiger charge is -2.03. The van der Waals surface area contributed by atoms with E-state index < -0.39 is 5.97 Å². The number of ether oxygens (including phenoxy) is 1. The van der Waals surface area contributed by atoms with Crippen molar-refractivity contribution in [2.75, 3.05) is 6.61 Å². The first-order valence-electron chi connectivity index (χ1n) is 5.99. The van der Waals surface area contributed by atoms with Gasteiger partial charge in [-0.25, -0.2) is 4.79 Å². The first-order valence-corrected chi connectivity index (χ1v) is 6.75. The fraction of sp³-hybridized carbons (Fsp3) is 0.214. The van der Waals surface area contributed by atoms with Crippen molar-refractivity contribution < 1.29 is 14.6 Å². The Labute approximate surface area is 126 Å². The van der Waals surface area contributed by atoms with Crippen LogP contribution in [0.25, 0.3) is 11.3 Å². The largest absolute Gasteiger partial charge is 0.505 e. The van der Waals surface area contributed by atoms with Crippen LogP contribution in [0.3, 0.4) is 0 Å². The minimum atomic E-state index is -0.565. The van der Waals surface area contributed by atoms with E-state index in [9.17, 15) is 9.90 Å². The quantitative estimate of drug-likeness (QED) is 0.836. The molecule has 0 atom stereocenters. The number of hydrogen-bond donors (Lipinski definition) is 2. The van der Waals surface area contributed by atoms with Crippen molar-refractivity contribution in [2.45, 2.75) is 13.8 Å². The normalized spacial score (nSPS) is 10.6. The third kappa shape index (κ3) is 2.62. The van der Waals surface area contributed by atoms with Crippen LogP contribution in [0.4, 0.5) is 0 Å². The summed E-state index contributed by atoms with van der Waals surface area (Å²) in [6, 6.07) is 4.94. The molecule has 0 saturated carbocycles. The lowest BCUT2D eigenvalue weighted by atomic mass is 10.1. The average molecular weight is 314 g/mol. The van der Waals surface area contributed by atoms with Crippen LogP contribution < -0.4 is 0 Å². The Hall–Kier alpha value is -1.65.